The standard InChI is InChI=1S/C23H16BrFN2O3S/c24-15-3-9-18(10-4-15)27-21(28)13-20(23(27)30)31-19-11-7-17(8-12-19)26-22(29)14-1-5-16(25)6-2-14/h1-12,20H,13H2,(H,26,29). The number of rotatable bonds is 5. The van der Waals surface area contributed by atoms with Gasteiger partial charge in [-0.3, -0.25) is 14.4 Å². The molecule has 0 aliphatic carbocycles. The number of hydrogen-bond acceptors (Lipinski definition) is 4. The van der Waals surface area contributed by atoms with Crippen molar-refractivity contribution in [3.05, 3.63) is 88.6 Å². The number of carbonyl (C=O) groups excluding carboxylic acids is 3. The third-order valence-electron chi connectivity index (χ3n) is 4.69. The van der Waals surface area contributed by atoms with Gasteiger partial charge in [-0.1, -0.05) is 15.9 Å². The van der Waals surface area contributed by atoms with Crippen LogP contribution in [-0.4, -0.2) is 23.0 Å². The Labute approximate surface area is 190 Å². The fourth-order valence-corrected chi connectivity index (χ4v) is 4.46. The molecule has 156 valence electrons. The lowest BCUT2D eigenvalue weighted by atomic mass is 10.2. The Morgan fingerprint density at radius 1 is 0.968 bits per heavy atom. The Balaban J connectivity index is 1.40. The lowest BCUT2D eigenvalue weighted by Crippen LogP contribution is -2.31. The van der Waals surface area contributed by atoms with Crippen LogP contribution in [0.5, 0.6) is 0 Å². The molecule has 0 spiro atoms. The van der Waals surface area contributed by atoms with Crippen molar-refractivity contribution in [1.29, 1.82) is 0 Å². The van der Waals surface area contributed by atoms with Crippen LogP contribution in [-0.2, 0) is 9.59 Å². The fourth-order valence-electron chi connectivity index (χ4n) is 3.14. The minimum Gasteiger partial charge on any atom is -0.322 e. The topological polar surface area (TPSA) is 66.5 Å². The van der Waals surface area contributed by atoms with Gasteiger partial charge in [0.05, 0.1) is 10.9 Å². The molecule has 5 nitrogen and oxygen atoms in total. The zero-order valence-corrected chi connectivity index (χ0v) is 18.5. The quantitative estimate of drug-likeness (QED) is 0.487. The second-order valence-electron chi connectivity index (χ2n) is 6.84. The monoisotopic (exact) mass is 498 g/mol. The molecule has 1 atom stereocenters. The summed E-state index contributed by atoms with van der Waals surface area (Å²) in [5.41, 5.74) is 1.48. The molecule has 8 heteroatoms. The minimum absolute atomic E-state index is 0.128. The van der Waals surface area contributed by atoms with Gasteiger partial charge >= 0.3 is 0 Å². The van der Waals surface area contributed by atoms with Crippen LogP contribution >= 0.6 is 27.7 Å². The van der Waals surface area contributed by atoms with Gasteiger partial charge in [-0.15, -0.1) is 11.8 Å². The van der Waals surface area contributed by atoms with E-state index >= 15 is 0 Å². The average molecular weight is 499 g/mol. The molecule has 0 radical (unpaired) electrons. The number of nitrogens with zero attached hydrogens (tertiary/aromatic N) is 1. The minimum atomic E-state index is -0.504. The van der Waals surface area contributed by atoms with Gasteiger partial charge in [0.25, 0.3) is 5.91 Å². The maximum atomic E-state index is 13.0. The summed E-state index contributed by atoms with van der Waals surface area (Å²) in [4.78, 5) is 39.5. The molecule has 3 aromatic carbocycles. The van der Waals surface area contributed by atoms with Gasteiger partial charge in [0, 0.05) is 27.0 Å². The van der Waals surface area contributed by atoms with Crippen LogP contribution in [0.1, 0.15) is 16.8 Å². The summed E-state index contributed by atoms with van der Waals surface area (Å²) < 4.78 is 13.9. The van der Waals surface area contributed by atoms with E-state index in [4.69, 9.17) is 0 Å². The van der Waals surface area contributed by atoms with Crippen LogP contribution < -0.4 is 10.2 Å². The molecule has 1 fully saturated rings. The van der Waals surface area contributed by atoms with Crippen molar-refractivity contribution >= 4 is 56.8 Å². The van der Waals surface area contributed by atoms with Gasteiger partial charge in [-0.25, -0.2) is 9.29 Å². The zero-order valence-electron chi connectivity index (χ0n) is 16.0. The molecule has 0 bridgehead atoms. The highest BCUT2D eigenvalue weighted by Gasteiger charge is 2.40. The predicted octanol–water partition coefficient (Wildman–Crippen LogP) is 5.26. The van der Waals surface area contributed by atoms with Crippen LogP contribution in [0.4, 0.5) is 15.8 Å². The van der Waals surface area contributed by atoms with E-state index in [-0.39, 0.29) is 24.1 Å². The third-order valence-corrected chi connectivity index (χ3v) is 6.41. The normalized spacial score (nSPS) is 15.9. The molecular formula is C23H16BrFN2O3S. The summed E-state index contributed by atoms with van der Waals surface area (Å²) in [7, 11) is 0. The summed E-state index contributed by atoms with van der Waals surface area (Å²) in [5.74, 6) is -1.22. The molecule has 3 aromatic rings. The fraction of sp³-hybridized carbons (Fsp3) is 0.0870. The van der Waals surface area contributed by atoms with E-state index in [0.29, 0.717) is 16.9 Å². The number of carbonyl (C=O) groups is 3. The van der Waals surface area contributed by atoms with Gasteiger partial charge in [0.1, 0.15) is 5.82 Å². The van der Waals surface area contributed by atoms with Gasteiger partial charge in [-0.2, -0.15) is 0 Å². The van der Waals surface area contributed by atoms with Gasteiger partial charge in [0.15, 0.2) is 0 Å². The van der Waals surface area contributed by atoms with E-state index in [1.807, 2.05) is 0 Å². The first-order chi connectivity index (χ1) is 14.9. The molecule has 1 aliphatic heterocycles. The van der Waals surface area contributed by atoms with E-state index in [0.717, 1.165) is 9.37 Å². The summed E-state index contributed by atoms with van der Waals surface area (Å²) in [6.07, 6.45) is 0.128. The Morgan fingerprint density at radius 3 is 2.26 bits per heavy atom. The second-order valence-corrected chi connectivity index (χ2v) is 9.03. The predicted molar refractivity (Wildman–Crippen MR) is 122 cm³/mol. The van der Waals surface area contributed by atoms with Crippen molar-refractivity contribution in [2.24, 2.45) is 0 Å². The van der Waals surface area contributed by atoms with Crippen molar-refractivity contribution < 1.29 is 18.8 Å². The molecule has 31 heavy (non-hydrogen) atoms. The molecule has 1 heterocycles. The number of benzene rings is 3. The average Bonchev–Trinajstić information content (AvgIpc) is 3.03. The number of hydrogen-bond donors (Lipinski definition) is 1. The number of halogens is 2. The zero-order chi connectivity index (χ0) is 22.0. The molecule has 0 aromatic heterocycles. The lowest BCUT2D eigenvalue weighted by Gasteiger charge is -2.15. The number of amides is 3. The van der Waals surface area contributed by atoms with Crippen molar-refractivity contribution in [1.82, 2.24) is 0 Å². The Hall–Kier alpha value is -2.97. The van der Waals surface area contributed by atoms with Gasteiger partial charge in [0.2, 0.25) is 11.8 Å². The second kappa shape index (κ2) is 9.03. The SMILES string of the molecule is O=C(Nc1ccc(SC2CC(=O)N(c3ccc(Br)cc3)C2=O)cc1)c1ccc(F)cc1. The van der Waals surface area contributed by atoms with E-state index in [2.05, 4.69) is 21.2 Å². The van der Waals surface area contributed by atoms with E-state index < -0.39 is 11.1 Å². The Bertz CT molecular complexity index is 1130. The third kappa shape index (κ3) is 4.86. The highest BCUT2D eigenvalue weighted by atomic mass is 79.9. The van der Waals surface area contributed by atoms with E-state index in [1.54, 1.807) is 48.5 Å². The van der Waals surface area contributed by atoms with Gasteiger partial charge in [-0.05, 0) is 72.8 Å². The molecule has 4 rings (SSSR count). The molecule has 1 N–H and O–H groups in total. The largest absolute Gasteiger partial charge is 0.322 e. The number of nitrogens with one attached hydrogen (secondary N) is 1. The summed E-state index contributed by atoms with van der Waals surface area (Å²) in [6.45, 7) is 0. The maximum absolute atomic E-state index is 13.0. The van der Waals surface area contributed by atoms with Crippen LogP contribution in [0.25, 0.3) is 0 Å². The van der Waals surface area contributed by atoms with Gasteiger partial charge < -0.3 is 5.32 Å². The first-order valence-electron chi connectivity index (χ1n) is 9.37. The van der Waals surface area contributed by atoms with Crippen LogP contribution in [0.3, 0.4) is 0 Å². The number of thioether (sulfide) groups is 1. The van der Waals surface area contributed by atoms with E-state index in [1.165, 1.54) is 40.9 Å². The highest BCUT2D eigenvalue weighted by Crippen LogP contribution is 2.34. The van der Waals surface area contributed by atoms with E-state index in [9.17, 15) is 18.8 Å². The van der Waals surface area contributed by atoms with Crippen molar-refractivity contribution in [2.75, 3.05) is 10.2 Å². The molecule has 1 unspecified atom stereocenters. The number of imide groups is 1. The molecule has 1 saturated heterocycles. The number of anilines is 2. The first-order valence-corrected chi connectivity index (χ1v) is 11.0. The van der Waals surface area contributed by atoms with Crippen molar-refractivity contribution in [3.63, 3.8) is 0 Å². The van der Waals surface area contributed by atoms with Crippen molar-refractivity contribution in [3.8, 4) is 0 Å². The lowest BCUT2D eigenvalue weighted by molar-refractivity contribution is -0.121. The molecule has 1 aliphatic rings. The summed E-state index contributed by atoms with van der Waals surface area (Å²) in [5, 5.41) is 2.24. The van der Waals surface area contributed by atoms with Crippen molar-refractivity contribution in [2.45, 2.75) is 16.6 Å². The highest BCUT2D eigenvalue weighted by molar-refractivity contribution is 9.10. The Morgan fingerprint density at radius 2 is 1.61 bits per heavy atom. The maximum Gasteiger partial charge on any atom is 0.255 e. The Kier molecular flexibility index (Phi) is 6.20. The summed E-state index contributed by atoms with van der Waals surface area (Å²) in [6, 6.07) is 19.3. The van der Waals surface area contributed by atoms with Crippen LogP contribution in [0.2, 0.25) is 0 Å². The van der Waals surface area contributed by atoms with Crippen LogP contribution in [0.15, 0.2) is 82.2 Å². The molecular weight excluding hydrogens is 483 g/mol. The molecule has 3 amide bonds. The first kappa shape index (κ1) is 21.3. The van der Waals surface area contributed by atoms with Crippen LogP contribution in [0, 0.1) is 5.82 Å². The summed E-state index contributed by atoms with van der Waals surface area (Å²) >= 11 is 4.66. The molecule has 0 saturated carbocycles. The smallest absolute Gasteiger partial charge is 0.255 e.